The van der Waals surface area contributed by atoms with Crippen LogP contribution in [0.25, 0.3) is 20.4 Å². The van der Waals surface area contributed by atoms with E-state index in [1.165, 1.54) is 16.7 Å². The fourth-order valence-electron chi connectivity index (χ4n) is 4.88. The van der Waals surface area contributed by atoms with Gasteiger partial charge in [0.1, 0.15) is 34.0 Å². The van der Waals surface area contributed by atoms with E-state index in [1.54, 1.807) is 35.3 Å². The molecule has 2 atom stereocenters. The second kappa shape index (κ2) is 15.9. The van der Waals surface area contributed by atoms with E-state index in [2.05, 4.69) is 131 Å². The summed E-state index contributed by atoms with van der Waals surface area (Å²) in [6.45, 7) is 7.92. The maximum absolute atomic E-state index is 5.29. The summed E-state index contributed by atoms with van der Waals surface area (Å²) in [5, 5.41) is 13.2. The molecule has 4 aromatic heterocycles. The Morgan fingerprint density at radius 1 is 0.739 bits per heavy atom. The lowest BCUT2D eigenvalue weighted by atomic mass is 9.94. The second-order valence-corrected chi connectivity index (χ2v) is 15.5. The lowest BCUT2D eigenvalue weighted by Gasteiger charge is -2.27. The number of alkyl halides is 1. The van der Waals surface area contributed by atoms with Crippen LogP contribution in [0, 0.1) is 0 Å². The Balaban J connectivity index is 0.000000141. The maximum Gasteiger partial charge on any atom is 0.138 e. The first-order chi connectivity index (χ1) is 22.4. The van der Waals surface area contributed by atoms with Gasteiger partial charge in [-0.25, -0.2) is 19.9 Å². The molecule has 12 heteroatoms. The average molecular weight is 830 g/mol. The van der Waals surface area contributed by atoms with Crippen LogP contribution in [0.4, 0.5) is 11.6 Å². The number of ether oxygens (including phenoxy) is 2. The Kier molecular flexibility index (Phi) is 11.5. The Labute approximate surface area is 298 Å². The van der Waals surface area contributed by atoms with Gasteiger partial charge in [-0.3, -0.25) is 0 Å². The molecule has 0 aliphatic carbocycles. The third-order valence-corrected chi connectivity index (χ3v) is 10.6. The van der Waals surface area contributed by atoms with Crippen LogP contribution in [0.5, 0.6) is 0 Å². The van der Waals surface area contributed by atoms with E-state index in [4.69, 9.17) is 9.47 Å². The number of hydrogen-bond acceptors (Lipinski definition) is 10. The van der Waals surface area contributed by atoms with E-state index in [0.717, 1.165) is 66.9 Å². The van der Waals surface area contributed by atoms with E-state index in [0.29, 0.717) is 5.92 Å². The van der Waals surface area contributed by atoms with Gasteiger partial charge in [0.15, 0.2) is 0 Å². The van der Waals surface area contributed by atoms with Gasteiger partial charge in [-0.1, -0.05) is 74.9 Å². The normalized spacial score (nSPS) is 15.8. The molecule has 8 nitrogen and oxygen atoms in total. The predicted octanol–water partition coefficient (Wildman–Crippen LogP) is 9.43. The number of fused-ring (bicyclic) bond motifs is 2. The molecule has 238 valence electrons. The molecule has 0 spiro atoms. The van der Waals surface area contributed by atoms with Gasteiger partial charge in [0.2, 0.25) is 0 Å². The summed E-state index contributed by atoms with van der Waals surface area (Å²) in [7, 11) is 0. The lowest BCUT2D eigenvalue weighted by Crippen LogP contribution is -2.26. The number of rotatable bonds is 7. The molecule has 0 bridgehead atoms. The summed E-state index contributed by atoms with van der Waals surface area (Å²) in [5.74, 6) is 2.34. The van der Waals surface area contributed by atoms with E-state index >= 15 is 0 Å². The van der Waals surface area contributed by atoms with Gasteiger partial charge in [0.05, 0.1) is 47.2 Å². The van der Waals surface area contributed by atoms with E-state index in [9.17, 15) is 0 Å². The van der Waals surface area contributed by atoms with Crippen molar-refractivity contribution in [2.45, 2.75) is 35.8 Å². The van der Waals surface area contributed by atoms with Crippen LogP contribution < -0.4 is 10.6 Å². The summed E-state index contributed by atoms with van der Waals surface area (Å²) in [6, 6.07) is 21.5. The highest BCUT2D eigenvalue weighted by atomic mass is 127. The van der Waals surface area contributed by atoms with Crippen molar-refractivity contribution >= 4 is 93.3 Å². The molecular formula is C34H34BrIN6O2S2. The van der Waals surface area contributed by atoms with Crippen molar-refractivity contribution in [3.05, 3.63) is 105 Å². The standard InChI is InChI=1S/C17H17N3OS.C14H12BrN3S.C3H5IO/c1-11(12-3-2-4-13(7-12)14-8-21-9-14)20-16-15-5-6-22-17(15)19-10-18-16;1-9(10-3-2-4-11(15)7-10)18-13-12-5-6-19-14(12)17-8-16-13;4-3-1-5-2-3/h2-7,10-11,14H,8-9H2,1H3,(H,18,19,20);2-9H,1H3,(H,16,17,18);3H,1-2H2. The first-order valence-electron chi connectivity index (χ1n) is 15.0. The minimum atomic E-state index is 0.190. The second-order valence-electron chi connectivity index (χ2n) is 11.0. The molecule has 2 aliphatic rings. The minimum absolute atomic E-state index is 0.190. The Morgan fingerprint density at radius 2 is 1.26 bits per heavy atom. The van der Waals surface area contributed by atoms with E-state index in [-0.39, 0.29) is 12.1 Å². The highest BCUT2D eigenvalue weighted by Gasteiger charge is 2.21. The molecule has 6 aromatic rings. The smallest absolute Gasteiger partial charge is 0.138 e. The Morgan fingerprint density at radius 3 is 1.74 bits per heavy atom. The third kappa shape index (κ3) is 8.39. The molecule has 0 saturated carbocycles. The van der Waals surface area contributed by atoms with Crippen LogP contribution in [0.15, 0.2) is 88.6 Å². The molecule has 0 amide bonds. The zero-order chi connectivity index (χ0) is 31.9. The van der Waals surface area contributed by atoms with Gasteiger partial charge in [0, 0.05) is 16.4 Å². The number of halogens is 2. The quantitative estimate of drug-likeness (QED) is 0.122. The van der Waals surface area contributed by atoms with Crippen molar-refractivity contribution in [3.63, 3.8) is 0 Å². The van der Waals surface area contributed by atoms with Crippen LogP contribution in [-0.2, 0) is 9.47 Å². The summed E-state index contributed by atoms with van der Waals surface area (Å²) < 4.78 is 12.0. The third-order valence-electron chi connectivity index (χ3n) is 7.70. The summed E-state index contributed by atoms with van der Waals surface area (Å²) >= 11 is 9.13. The van der Waals surface area contributed by atoms with Crippen molar-refractivity contribution in [2.24, 2.45) is 0 Å². The topological polar surface area (TPSA) is 94.1 Å². The first-order valence-corrected chi connectivity index (χ1v) is 18.8. The van der Waals surface area contributed by atoms with E-state index in [1.807, 2.05) is 22.9 Å². The van der Waals surface area contributed by atoms with Crippen molar-refractivity contribution in [3.8, 4) is 0 Å². The van der Waals surface area contributed by atoms with Crippen LogP contribution in [0.1, 0.15) is 48.5 Å². The molecule has 46 heavy (non-hydrogen) atoms. The molecule has 2 fully saturated rings. The lowest BCUT2D eigenvalue weighted by molar-refractivity contribution is 0.00839. The predicted molar refractivity (Wildman–Crippen MR) is 202 cm³/mol. The SMILES string of the molecule is CC(Nc1ncnc2sccc12)c1cccc(Br)c1.CC(Nc1ncnc2sccc12)c1cccc(C2COC2)c1.IC1COC1. The Hall–Kier alpha value is -2.75. The molecule has 2 unspecified atom stereocenters. The van der Waals surface area contributed by atoms with Gasteiger partial charge >= 0.3 is 0 Å². The van der Waals surface area contributed by atoms with Crippen LogP contribution in [0.3, 0.4) is 0 Å². The molecular weight excluding hydrogens is 795 g/mol. The number of aromatic nitrogens is 4. The Bertz CT molecular complexity index is 1880. The van der Waals surface area contributed by atoms with Crippen LogP contribution in [-0.4, -0.2) is 50.3 Å². The van der Waals surface area contributed by atoms with Crippen molar-refractivity contribution in [2.75, 3.05) is 37.1 Å². The van der Waals surface area contributed by atoms with Gasteiger partial charge in [-0.2, -0.15) is 0 Å². The zero-order valence-electron chi connectivity index (χ0n) is 25.4. The van der Waals surface area contributed by atoms with Crippen molar-refractivity contribution in [1.29, 1.82) is 0 Å². The monoisotopic (exact) mass is 828 g/mol. The average Bonchev–Trinajstić information content (AvgIpc) is 3.71. The first kappa shape index (κ1) is 33.2. The van der Waals surface area contributed by atoms with Gasteiger partial charge in [0.25, 0.3) is 0 Å². The number of thiophene rings is 2. The fraction of sp³-hybridized carbons (Fsp3) is 0.294. The summed E-state index contributed by atoms with van der Waals surface area (Å²) in [4.78, 5) is 19.3. The molecule has 2 N–H and O–H groups in total. The van der Waals surface area contributed by atoms with E-state index < -0.39 is 0 Å². The zero-order valence-corrected chi connectivity index (χ0v) is 30.8. The molecule has 6 heterocycles. The molecule has 8 rings (SSSR count). The summed E-state index contributed by atoms with van der Waals surface area (Å²) in [6.07, 6.45) is 3.23. The molecule has 0 radical (unpaired) electrons. The highest BCUT2D eigenvalue weighted by molar-refractivity contribution is 14.1. The van der Waals surface area contributed by atoms with Gasteiger partial charge in [-0.15, -0.1) is 22.7 Å². The van der Waals surface area contributed by atoms with Crippen molar-refractivity contribution < 1.29 is 9.47 Å². The number of nitrogens with zero attached hydrogens (tertiary/aromatic N) is 4. The van der Waals surface area contributed by atoms with Crippen molar-refractivity contribution in [1.82, 2.24) is 19.9 Å². The van der Waals surface area contributed by atoms with Gasteiger partial charge in [-0.05, 0) is 65.6 Å². The van der Waals surface area contributed by atoms with Gasteiger partial charge < -0.3 is 20.1 Å². The minimum Gasteiger partial charge on any atom is -0.380 e. The number of anilines is 2. The molecule has 2 saturated heterocycles. The highest BCUT2D eigenvalue weighted by Crippen LogP contribution is 2.30. The van der Waals surface area contributed by atoms with Crippen LogP contribution >= 0.6 is 61.2 Å². The summed E-state index contributed by atoms with van der Waals surface area (Å²) in [5.41, 5.74) is 3.85. The largest absolute Gasteiger partial charge is 0.380 e. The van der Waals surface area contributed by atoms with Crippen LogP contribution in [0.2, 0.25) is 0 Å². The maximum atomic E-state index is 5.29. The number of hydrogen-bond donors (Lipinski definition) is 2. The number of nitrogens with one attached hydrogen (secondary N) is 2. The number of benzene rings is 2. The molecule has 2 aromatic carbocycles. The molecule has 2 aliphatic heterocycles. The fourth-order valence-corrected chi connectivity index (χ4v) is 7.27.